The van der Waals surface area contributed by atoms with Crippen molar-refractivity contribution in [2.75, 3.05) is 34.5 Å². The molecule has 3 heterocycles. The first-order valence-corrected chi connectivity index (χ1v) is 24.0. The molecular formula is C52H77NO12. The maximum absolute atomic E-state index is 14.5. The van der Waals surface area contributed by atoms with Crippen molar-refractivity contribution in [3.05, 3.63) is 59.2 Å². The fourth-order valence-electron chi connectivity index (χ4n) is 10.5. The topological polar surface area (TPSA) is 167 Å². The van der Waals surface area contributed by atoms with Gasteiger partial charge in [0.1, 0.15) is 29.8 Å². The number of amides is 1. The number of phenols is 1. The molecule has 13 unspecified atom stereocenters. The van der Waals surface area contributed by atoms with Gasteiger partial charge < -0.3 is 43.5 Å². The van der Waals surface area contributed by atoms with E-state index in [1.807, 2.05) is 52.0 Å². The second kappa shape index (κ2) is 24.3. The number of carbonyl (C=O) groups is 4. The van der Waals surface area contributed by atoms with Gasteiger partial charge in [-0.05, 0) is 125 Å². The smallest absolute Gasteiger partial charge is 0.329 e. The molecule has 362 valence electrons. The Hall–Kier alpha value is -3.72. The number of carbonyl (C=O) groups excluding carboxylic acids is 4. The third-order valence-corrected chi connectivity index (χ3v) is 14.3. The van der Waals surface area contributed by atoms with Crippen molar-refractivity contribution in [2.24, 2.45) is 29.6 Å². The van der Waals surface area contributed by atoms with Crippen LogP contribution in [0.1, 0.15) is 124 Å². The lowest BCUT2D eigenvalue weighted by Gasteiger charge is -2.47. The SMILES string of the molecule is CCC1/C=C(\C)CC(C)CC(OC)C2OC(O)(C(=O)C(=O)N3CCCCC3C(=O)OC(C(C)=CC3CCC(OCC=Cc4ccc(O)cc4)C(OC)C3)C(C)CCC1=O)C(C)CC2OC. The van der Waals surface area contributed by atoms with Crippen LogP contribution < -0.4 is 0 Å². The Kier molecular flexibility index (Phi) is 19.6. The number of benzene rings is 1. The van der Waals surface area contributed by atoms with Gasteiger partial charge in [0, 0.05) is 46.1 Å². The van der Waals surface area contributed by atoms with Crippen LogP contribution in [0.2, 0.25) is 0 Å². The summed E-state index contributed by atoms with van der Waals surface area (Å²) in [4.78, 5) is 58.3. The lowest BCUT2D eigenvalue weighted by atomic mass is 9.82. The molecule has 65 heavy (non-hydrogen) atoms. The molecule has 2 saturated heterocycles. The molecule has 1 aromatic rings. The first kappa shape index (κ1) is 52.3. The van der Waals surface area contributed by atoms with E-state index < -0.39 is 59.8 Å². The number of piperidine rings is 1. The Morgan fingerprint density at radius 2 is 1.58 bits per heavy atom. The molecule has 13 atom stereocenters. The van der Waals surface area contributed by atoms with Crippen molar-refractivity contribution >= 4 is 29.5 Å². The number of rotatable bonds is 10. The van der Waals surface area contributed by atoms with Crippen LogP contribution in [0.15, 0.2) is 53.6 Å². The van der Waals surface area contributed by atoms with Gasteiger partial charge in [0.25, 0.3) is 11.7 Å². The molecule has 13 nitrogen and oxygen atoms in total. The van der Waals surface area contributed by atoms with Crippen molar-refractivity contribution in [2.45, 2.75) is 167 Å². The Labute approximate surface area is 387 Å². The number of nitrogens with zero attached hydrogens (tertiary/aromatic N) is 1. The van der Waals surface area contributed by atoms with Crippen LogP contribution in [-0.2, 0) is 47.6 Å². The summed E-state index contributed by atoms with van der Waals surface area (Å²) in [5.41, 5.74) is 2.89. The molecule has 13 heteroatoms. The average molecular weight is 908 g/mol. The molecular weight excluding hydrogens is 831 g/mol. The maximum atomic E-state index is 14.5. The van der Waals surface area contributed by atoms with Crippen LogP contribution in [-0.4, -0.2) is 121 Å². The Bertz CT molecular complexity index is 1840. The quantitative estimate of drug-likeness (QED) is 0.132. The summed E-state index contributed by atoms with van der Waals surface area (Å²) >= 11 is 0. The number of fused-ring (bicyclic) bond motifs is 3. The number of phenolic OH excluding ortho intramolecular Hbond substituents is 1. The molecule has 1 aliphatic carbocycles. The zero-order valence-corrected chi connectivity index (χ0v) is 40.4. The summed E-state index contributed by atoms with van der Waals surface area (Å²) in [6.07, 6.45) is 11.9. The molecule has 5 rings (SSSR count). The van der Waals surface area contributed by atoms with Crippen LogP contribution in [0.3, 0.4) is 0 Å². The van der Waals surface area contributed by atoms with Crippen LogP contribution in [0.25, 0.3) is 6.08 Å². The lowest BCUT2D eigenvalue weighted by Crippen LogP contribution is -2.64. The van der Waals surface area contributed by atoms with E-state index in [0.29, 0.717) is 64.4 Å². The number of esters is 1. The summed E-state index contributed by atoms with van der Waals surface area (Å²) in [5.74, 6) is -6.00. The fraction of sp³-hybridized carbons (Fsp3) is 0.692. The van der Waals surface area contributed by atoms with Gasteiger partial charge in [0.2, 0.25) is 5.79 Å². The van der Waals surface area contributed by atoms with Gasteiger partial charge in [-0.3, -0.25) is 14.4 Å². The third-order valence-electron chi connectivity index (χ3n) is 14.3. The number of hydrogen-bond donors (Lipinski definition) is 2. The number of Topliss-reactive ketones (excluding diaryl/α,β-unsaturated/α-hetero) is 2. The molecule has 2 bridgehead atoms. The van der Waals surface area contributed by atoms with Crippen molar-refractivity contribution in [1.82, 2.24) is 4.90 Å². The number of ketones is 2. The highest BCUT2D eigenvalue weighted by Crippen LogP contribution is 2.39. The Balaban J connectivity index is 1.41. The standard InChI is InChI=1S/C52H77NO12/c1-10-39-27-32(2)26-33(3)28-45(61-8)48-46(62-9)30-36(6)52(59,65-48)49(56)50(57)53-24-12-11-15-41(53)51(58)64-47(34(4)16-22-42(39)55)35(5)29-38-19-23-43(44(31-38)60-7)63-25-13-14-37-17-20-40(54)21-18-37/h13-14,17-18,20-21,27,29,33-34,36,38-39,41,43-48,54,59H,10-12,15-16,19,22-26,28,30-31H2,1-9H3/b14-13?,32-27+,35-29?. The van der Waals surface area contributed by atoms with E-state index in [1.54, 1.807) is 40.4 Å². The van der Waals surface area contributed by atoms with Crippen molar-refractivity contribution < 1.29 is 57.8 Å². The molecule has 0 radical (unpaired) electrons. The molecule has 0 aromatic heterocycles. The number of methoxy groups -OCH3 is 3. The minimum atomic E-state index is -2.48. The maximum Gasteiger partial charge on any atom is 0.329 e. The van der Waals surface area contributed by atoms with Gasteiger partial charge in [-0.25, -0.2) is 4.79 Å². The minimum Gasteiger partial charge on any atom is -0.508 e. The second-order valence-electron chi connectivity index (χ2n) is 19.3. The molecule has 2 N–H and O–H groups in total. The monoisotopic (exact) mass is 908 g/mol. The zero-order chi connectivity index (χ0) is 47.4. The number of hydrogen-bond acceptors (Lipinski definition) is 12. The van der Waals surface area contributed by atoms with Gasteiger partial charge in [-0.2, -0.15) is 0 Å². The highest BCUT2D eigenvalue weighted by Gasteiger charge is 2.56. The lowest BCUT2D eigenvalue weighted by molar-refractivity contribution is -0.302. The zero-order valence-electron chi connectivity index (χ0n) is 40.4. The van der Waals surface area contributed by atoms with E-state index >= 15 is 0 Å². The normalized spacial score (nSPS) is 36.4. The number of allylic oxidation sites excluding steroid dienone is 3. The highest BCUT2D eigenvalue weighted by atomic mass is 16.7. The summed E-state index contributed by atoms with van der Waals surface area (Å²) < 4.78 is 36.8. The second-order valence-corrected chi connectivity index (χ2v) is 19.3. The Morgan fingerprint density at radius 1 is 0.892 bits per heavy atom. The molecule has 3 aliphatic heterocycles. The molecule has 0 spiro atoms. The Morgan fingerprint density at radius 3 is 2.26 bits per heavy atom. The fourth-order valence-corrected chi connectivity index (χ4v) is 10.5. The summed E-state index contributed by atoms with van der Waals surface area (Å²) in [7, 11) is 4.80. The van der Waals surface area contributed by atoms with E-state index in [-0.39, 0.29) is 60.4 Å². The largest absolute Gasteiger partial charge is 0.508 e. The first-order valence-electron chi connectivity index (χ1n) is 24.0. The molecule has 3 fully saturated rings. The summed E-state index contributed by atoms with van der Waals surface area (Å²) in [6, 6.07) is 5.91. The summed E-state index contributed by atoms with van der Waals surface area (Å²) in [5, 5.41) is 21.7. The first-order chi connectivity index (χ1) is 31.0. The van der Waals surface area contributed by atoms with E-state index in [1.165, 1.54) is 4.90 Å². The van der Waals surface area contributed by atoms with E-state index in [0.717, 1.165) is 29.6 Å². The molecule has 1 saturated carbocycles. The van der Waals surface area contributed by atoms with Gasteiger partial charge >= 0.3 is 5.97 Å². The molecule has 1 aromatic carbocycles. The number of cyclic esters (lactones) is 1. The minimum absolute atomic E-state index is 0.0815. The van der Waals surface area contributed by atoms with Gasteiger partial charge in [0.15, 0.2) is 0 Å². The number of aliphatic hydroxyl groups is 1. The van der Waals surface area contributed by atoms with E-state index in [4.69, 9.17) is 28.4 Å². The number of aromatic hydroxyl groups is 1. The van der Waals surface area contributed by atoms with Crippen LogP contribution in [0.4, 0.5) is 0 Å². The van der Waals surface area contributed by atoms with Crippen LogP contribution >= 0.6 is 0 Å². The third kappa shape index (κ3) is 13.5. The van der Waals surface area contributed by atoms with Gasteiger partial charge in [-0.15, -0.1) is 0 Å². The van der Waals surface area contributed by atoms with Crippen molar-refractivity contribution in [3.63, 3.8) is 0 Å². The summed E-state index contributed by atoms with van der Waals surface area (Å²) in [6.45, 7) is 12.3. The van der Waals surface area contributed by atoms with E-state index in [2.05, 4.69) is 19.1 Å². The predicted molar refractivity (Wildman–Crippen MR) is 248 cm³/mol. The molecule has 1 amide bonds. The highest BCUT2D eigenvalue weighted by molar-refractivity contribution is 6.39. The van der Waals surface area contributed by atoms with Gasteiger partial charge in [0.05, 0.1) is 31.0 Å². The van der Waals surface area contributed by atoms with Crippen LogP contribution in [0, 0.1) is 29.6 Å². The molecule has 4 aliphatic rings. The van der Waals surface area contributed by atoms with Gasteiger partial charge in [-0.1, -0.05) is 69.7 Å². The van der Waals surface area contributed by atoms with Crippen molar-refractivity contribution in [1.29, 1.82) is 0 Å². The number of ether oxygens (including phenoxy) is 6. The van der Waals surface area contributed by atoms with E-state index in [9.17, 15) is 29.4 Å². The van der Waals surface area contributed by atoms with Crippen LogP contribution in [0.5, 0.6) is 5.75 Å². The van der Waals surface area contributed by atoms with Crippen molar-refractivity contribution in [3.8, 4) is 5.75 Å². The predicted octanol–water partition coefficient (Wildman–Crippen LogP) is 7.95. The average Bonchev–Trinajstić information content (AvgIpc) is 3.30.